The molecule has 0 fully saturated rings. The van der Waals surface area contributed by atoms with Crippen LogP contribution in [0.25, 0.3) is 32.6 Å². The summed E-state index contributed by atoms with van der Waals surface area (Å²) in [6.45, 7) is 3.94. The van der Waals surface area contributed by atoms with Crippen LogP contribution in [0.15, 0.2) is 39.8 Å². The number of nitrogens with zero attached hydrogens (tertiary/aromatic N) is 1. The molecule has 0 aliphatic carbocycles. The maximum absolute atomic E-state index is 12.2. The molecule has 0 aliphatic rings. The van der Waals surface area contributed by atoms with Gasteiger partial charge in [-0.3, -0.25) is 9.78 Å². The lowest BCUT2D eigenvalue weighted by Gasteiger charge is -2.04. The maximum Gasteiger partial charge on any atom is 0.256 e. The first kappa shape index (κ1) is 11.2. The van der Waals surface area contributed by atoms with E-state index in [0.29, 0.717) is 5.39 Å². The van der Waals surface area contributed by atoms with Gasteiger partial charge in [-0.05, 0) is 32.0 Å². The number of hydrogen-bond donors (Lipinski definition) is 1. The monoisotopic (exact) mass is 264 g/mol. The molecule has 4 aromatic rings. The van der Waals surface area contributed by atoms with E-state index in [1.165, 1.54) is 0 Å². The van der Waals surface area contributed by atoms with Gasteiger partial charge in [-0.1, -0.05) is 0 Å². The van der Waals surface area contributed by atoms with E-state index >= 15 is 0 Å². The van der Waals surface area contributed by atoms with Crippen LogP contribution < -0.4 is 5.56 Å². The highest BCUT2D eigenvalue weighted by molar-refractivity contribution is 6.14. The highest BCUT2D eigenvalue weighted by Gasteiger charge is 2.13. The normalized spacial score (nSPS) is 11.7. The third-order valence-electron chi connectivity index (χ3n) is 3.93. The van der Waals surface area contributed by atoms with E-state index in [0.717, 1.165) is 38.6 Å². The number of benzene rings is 1. The number of fused-ring (bicyclic) bond motifs is 5. The fraction of sp³-hybridized carbons (Fsp3) is 0.125. The van der Waals surface area contributed by atoms with Gasteiger partial charge in [0.2, 0.25) is 0 Å². The van der Waals surface area contributed by atoms with Gasteiger partial charge < -0.3 is 9.40 Å². The van der Waals surface area contributed by atoms with Gasteiger partial charge in [-0.15, -0.1) is 0 Å². The number of aryl methyl sites for hydroxylation is 2. The van der Waals surface area contributed by atoms with Crippen LogP contribution in [0.2, 0.25) is 0 Å². The molecule has 4 heteroatoms. The van der Waals surface area contributed by atoms with Crippen molar-refractivity contribution in [3.63, 3.8) is 0 Å². The van der Waals surface area contributed by atoms with Crippen LogP contribution in [0.4, 0.5) is 0 Å². The van der Waals surface area contributed by atoms with Crippen LogP contribution in [0.1, 0.15) is 11.3 Å². The highest BCUT2D eigenvalue weighted by Crippen LogP contribution is 2.32. The second-order valence-corrected chi connectivity index (χ2v) is 5.02. The second kappa shape index (κ2) is 3.70. The first-order valence-corrected chi connectivity index (χ1v) is 6.45. The fourth-order valence-electron chi connectivity index (χ4n) is 2.80. The van der Waals surface area contributed by atoms with Crippen LogP contribution in [0.5, 0.6) is 0 Å². The summed E-state index contributed by atoms with van der Waals surface area (Å²) in [5.74, 6) is 0.875. The number of aromatic nitrogens is 2. The Morgan fingerprint density at radius 1 is 1.10 bits per heavy atom. The van der Waals surface area contributed by atoms with Gasteiger partial charge >= 0.3 is 0 Å². The molecule has 0 saturated carbocycles. The number of aromatic amines is 1. The van der Waals surface area contributed by atoms with Crippen molar-refractivity contribution in [2.75, 3.05) is 0 Å². The lowest BCUT2D eigenvalue weighted by molar-refractivity contribution is 0.575. The van der Waals surface area contributed by atoms with Crippen LogP contribution in [-0.4, -0.2) is 9.97 Å². The van der Waals surface area contributed by atoms with Gasteiger partial charge in [0.25, 0.3) is 5.56 Å². The zero-order valence-corrected chi connectivity index (χ0v) is 11.2. The van der Waals surface area contributed by atoms with Crippen LogP contribution in [0, 0.1) is 13.8 Å². The molecular weight excluding hydrogens is 252 g/mol. The van der Waals surface area contributed by atoms with Crippen molar-refractivity contribution in [2.45, 2.75) is 13.8 Å². The van der Waals surface area contributed by atoms with Crippen molar-refractivity contribution < 1.29 is 4.42 Å². The van der Waals surface area contributed by atoms with Crippen molar-refractivity contribution >= 4 is 32.6 Å². The maximum atomic E-state index is 12.2. The summed E-state index contributed by atoms with van der Waals surface area (Å²) in [5, 5.41) is 3.49. The number of nitrogens with one attached hydrogen (secondary N) is 1. The molecule has 0 amide bonds. The van der Waals surface area contributed by atoms with Gasteiger partial charge in [0.15, 0.2) is 0 Å². The molecule has 0 spiro atoms. The van der Waals surface area contributed by atoms with Gasteiger partial charge in [0.1, 0.15) is 11.3 Å². The first-order chi connectivity index (χ1) is 9.66. The van der Waals surface area contributed by atoms with E-state index < -0.39 is 0 Å². The first-order valence-electron chi connectivity index (χ1n) is 6.45. The zero-order chi connectivity index (χ0) is 13.9. The van der Waals surface area contributed by atoms with E-state index in [1.54, 1.807) is 18.5 Å². The molecule has 0 saturated heterocycles. The number of H-pyrrole nitrogens is 1. The standard InChI is InChI=1S/C16H12N2O2/c1-8-9(2)20-13-4-3-10-12-7-17-6-5-11(12)16(19)18-15(10)14(8)13/h3-7H,1-2H3,(H,18,19). The molecule has 0 aliphatic heterocycles. The largest absolute Gasteiger partial charge is 0.461 e. The topological polar surface area (TPSA) is 58.9 Å². The average molecular weight is 264 g/mol. The molecule has 98 valence electrons. The molecule has 0 atom stereocenters. The SMILES string of the molecule is Cc1oc2ccc3c4cnccc4c(=O)[nH]c3c2c1C. The third-order valence-corrected chi connectivity index (χ3v) is 3.93. The van der Waals surface area contributed by atoms with E-state index in [9.17, 15) is 4.79 Å². The molecule has 0 radical (unpaired) electrons. The smallest absolute Gasteiger partial charge is 0.256 e. The number of hydrogen-bond acceptors (Lipinski definition) is 3. The molecular formula is C16H12N2O2. The Labute approximate surface area is 114 Å². The van der Waals surface area contributed by atoms with Crippen molar-refractivity contribution in [3.05, 3.63) is 52.3 Å². The Bertz CT molecular complexity index is 1040. The Kier molecular flexibility index (Phi) is 2.07. The van der Waals surface area contributed by atoms with Crippen LogP contribution in [-0.2, 0) is 0 Å². The molecule has 3 heterocycles. The molecule has 20 heavy (non-hydrogen) atoms. The minimum atomic E-state index is -0.0966. The number of rotatable bonds is 0. The zero-order valence-electron chi connectivity index (χ0n) is 11.2. The van der Waals surface area contributed by atoms with E-state index in [2.05, 4.69) is 9.97 Å². The minimum absolute atomic E-state index is 0.0966. The van der Waals surface area contributed by atoms with Gasteiger partial charge in [0.05, 0.1) is 10.9 Å². The Morgan fingerprint density at radius 2 is 1.95 bits per heavy atom. The molecule has 3 aromatic heterocycles. The molecule has 1 N–H and O–H groups in total. The van der Waals surface area contributed by atoms with Crippen molar-refractivity contribution in [1.82, 2.24) is 9.97 Å². The molecule has 1 aromatic carbocycles. The summed E-state index contributed by atoms with van der Waals surface area (Å²) in [4.78, 5) is 19.4. The highest BCUT2D eigenvalue weighted by atomic mass is 16.3. The lowest BCUT2D eigenvalue weighted by atomic mass is 10.0. The predicted molar refractivity (Wildman–Crippen MR) is 79.1 cm³/mol. The molecule has 0 unspecified atom stereocenters. The molecule has 4 nitrogen and oxygen atoms in total. The summed E-state index contributed by atoms with van der Waals surface area (Å²) in [7, 11) is 0. The fourth-order valence-corrected chi connectivity index (χ4v) is 2.80. The predicted octanol–water partition coefficient (Wildman–Crippen LogP) is 3.44. The summed E-state index contributed by atoms with van der Waals surface area (Å²) < 4.78 is 5.72. The number of furan rings is 1. The van der Waals surface area contributed by atoms with Gasteiger partial charge in [0, 0.05) is 34.1 Å². The summed E-state index contributed by atoms with van der Waals surface area (Å²) >= 11 is 0. The minimum Gasteiger partial charge on any atom is -0.461 e. The van der Waals surface area contributed by atoms with Crippen molar-refractivity contribution in [1.29, 1.82) is 0 Å². The lowest BCUT2D eigenvalue weighted by Crippen LogP contribution is -2.06. The van der Waals surface area contributed by atoms with Crippen molar-refractivity contribution in [3.8, 4) is 0 Å². The van der Waals surface area contributed by atoms with Crippen LogP contribution >= 0.6 is 0 Å². The number of pyridine rings is 2. The Hall–Kier alpha value is -2.62. The molecule has 4 rings (SSSR count). The van der Waals surface area contributed by atoms with Crippen molar-refractivity contribution in [2.24, 2.45) is 0 Å². The van der Waals surface area contributed by atoms with E-state index in [4.69, 9.17) is 4.42 Å². The second-order valence-electron chi connectivity index (χ2n) is 5.02. The van der Waals surface area contributed by atoms with Crippen LogP contribution in [0.3, 0.4) is 0 Å². The Morgan fingerprint density at radius 3 is 2.80 bits per heavy atom. The van der Waals surface area contributed by atoms with Gasteiger partial charge in [-0.25, -0.2) is 0 Å². The third kappa shape index (κ3) is 1.30. The summed E-state index contributed by atoms with van der Waals surface area (Å²) in [6, 6.07) is 5.66. The quantitative estimate of drug-likeness (QED) is 0.495. The molecule has 0 bridgehead atoms. The van der Waals surface area contributed by atoms with E-state index in [-0.39, 0.29) is 5.56 Å². The summed E-state index contributed by atoms with van der Waals surface area (Å²) in [5.41, 5.74) is 2.58. The average Bonchev–Trinajstić information content (AvgIpc) is 2.75. The van der Waals surface area contributed by atoms with Gasteiger partial charge in [-0.2, -0.15) is 0 Å². The van der Waals surface area contributed by atoms with E-state index in [1.807, 2.05) is 26.0 Å². The summed E-state index contributed by atoms with van der Waals surface area (Å²) in [6.07, 6.45) is 3.37. The Balaban J connectivity index is 2.38.